The maximum absolute atomic E-state index is 12.2. The van der Waals surface area contributed by atoms with Crippen LogP contribution in [0.2, 0.25) is 0 Å². The van der Waals surface area contributed by atoms with Gasteiger partial charge in [0.2, 0.25) is 5.91 Å². The zero-order valence-corrected chi connectivity index (χ0v) is 12.9. The van der Waals surface area contributed by atoms with E-state index in [-0.39, 0.29) is 18.5 Å². The average Bonchev–Trinajstić information content (AvgIpc) is 2.95. The molecule has 0 saturated carbocycles. The number of benzene rings is 1. The molecule has 1 amide bonds. The third-order valence-electron chi connectivity index (χ3n) is 3.98. The number of ether oxygens (including phenoxy) is 1. The fourth-order valence-corrected chi connectivity index (χ4v) is 2.87. The highest BCUT2D eigenvalue weighted by atomic mass is 16.5. The zero-order chi connectivity index (χ0) is 16.1. The summed E-state index contributed by atoms with van der Waals surface area (Å²) < 4.78 is 5.29. The molecule has 2 N–H and O–H groups in total. The number of carbonyl (C=O) groups is 2. The Morgan fingerprint density at radius 2 is 2.18 bits per heavy atom. The van der Waals surface area contributed by atoms with Crippen LogP contribution in [-0.2, 0) is 9.59 Å². The van der Waals surface area contributed by atoms with Gasteiger partial charge in [-0.3, -0.25) is 14.5 Å². The van der Waals surface area contributed by atoms with E-state index in [1.54, 1.807) is 12.0 Å². The van der Waals surface area contributed by atoms with Gasteiger partial charge in [0.25, 0.3) is 0 Å². The molecule has 6 heteroatoms. The number of nitrogens with zero attached hydrogens (tertiary/aromatic N) is 1. The molecule has 22 heavy (non-hydrogen) atoms. The van der Waals surface area contributed by atoms with Crippen molar-refractivity contribution in [3.8, 4) is 5.75 Å². The second-order valence-corrected chi connectivity index (χ2v) is 5.50. The number of methoxy groups -OCH3 is 1. The average molecular weight is 306 g/mol. The molecular formula is C16H22N2O4. The summed E-state index contributed by atoms with van der Waals surface area (Å²) in [5, 5.41) is 12.0. The maximum atomic E-state index is 12.2. The first-order valence-corrected chi connectivity index (χ1v) is 7.42. The van der Waals surface area contributed by atoms with Crippen molar-refractivity contribution in [2.75, 3.05) is 20.2 Å². The normalized spacial score (nSPS) is 19.6. The van der Waals surface area contributed by atoms with Crippen LogP contribution >= 0.6 is 0 Å². The van der Waals surface area contributed by atoms with Crippen molar-refractivity contribution in [3.63, 3.8) is 0 Å². The molecule has 1 fully saturated rings. The summed E-state index contributed by atoms with van der Waals surface area (Å²) in [7, 11) is 1.59. The molecule has 2 rings (SSSR count). The minimum atomic E-state index is -0.858. The number of carbonyl (C=O) groups excluding carboxylic acids is 1. The Bertz CT molecular complexity index is 547. The molecule has 2 atom stereocenters. The molecule has 0 bridgehead atoms. The molecule has 1 heterocycles. The largest absolute Gasteiger partial charge is 0.496 e. The molecular weight excluding hydrogens is 284 g/mol. The second-order valence-electron chi connectivity index (χ2n) is 5.50. The van der Waals surface area contributed by atoms with Crippen LogP contribution in [0.4, 0.5) is 0 Å². The van der Waals surface area contributed by atoms with Crippen LogP contribution in [0.3, 0.4) is 0 Å². The van der Waals surface area contributed by atoms with Gasteiger partial charge in [-0.25, -0.2) is 0 Å². The molecule has 1 aliphatic rings. The molecule has 1 aromatic rings. The number of carboxylic acids is 1. The number of likely N-dealkylation sites (tertiary alicyclic amines) is 1. The number of rotatable bonds is 6. The van der Waals surface area contributed by atoms with E-state index in [0.717, 1.165) is 17.7 Å². The predicted molar refractivity (Wildman–Crippen MR) is 81.8 cm³/mol. The Hall–Kier alpha value is -2.08. The Balaban J connectivity index is 1.95. The first kappa shape index (κ1) is 16.3. The van der Waals surface area contributed by atoms with Crippen molar-refractivity contribution in [1.29, 1.82) is 0 Å². The third kappa shape index (κ3) is 3.76. The summed E-state index contributed by atoms with van der Waals surface area (Å²) in [5.41, 5.74) is 0.898. The van der Waals surface area contributed by atoms with Crippen LogP contribution < -0.4 is 10.1 Å². The lowest BCUT2D eigenvalue weighted by Crippen LogP contribution is -2.43. The Morgan fingerprint density at radius 1 is 1.45 bits per heavy atom. The first-order valence-electron chi connectivity index (χ1n) is 7.42. The van der Waals surface area contributed by atoms with Gasteiger partial charge in [-0.1, -0.05) is 18.2 Å². The van der Waals surface area contributed by atoms with E-state index in [4.69, 9.17) is 9.84 Å². The van der Waals surface area contributed by atoms with E-state index in [1.807, 2.05) is 31.2 Å². The highest BCUT2D eigenvalue weighted by molar-refractivity contribution is 5.80. The van der Waals surface area contributed by atoms with E-state index < -0.39 is 12.0 Å². The van der Waals surface area contributed by atoms with Crippen LogP contribution in [0, 0.1) is 0 Å². The molecule has 0 unspecified atom stereocenters. The molecule has 1 aromatic carbocycles. The van der Waals surface area contributed by atoms with Gasteiger partial charge >= 0.3 is 5.97 Å². The summed E-state index contributed by atoms with van der Waals surface area (Å²) in [6, 6.07) is 6.76. The first-order chi connectivity index (χ1) is 10.5. The highest BCUT2D eigenvalue weighted by Crippen LogP contribution is 2.24. The van der Waals surface area contributed by atoms with Crippen molar-refractivity contribution >= 4 is 11.9 Å². The van der Waals surface area contributed by atoms with Crippen molar-refractivity contribution in [3.05, 3.63) is 29.8 Å². The lowest BCUT2D eigenvalue weighted by molar-refractivity contribution is -0.142. The Kier molecular flexibility index (Phi) is 5.38. The minimum absolute atomic E-state index is 0.108. The fraction of sp³-hybridized carbons (Fsp3) is 0.500. The van der Waals surface area contributed by atoms with Gasteiger partial charge < -0.3 is 15.2 Å². The van der Waals surface area contributed by atoms with Gasteiger partial charge in [-0.2, -0.15) is 0 Å². The summed E-state index contributed by atoms with van der Waals surface area (Å²) in [6.45, 7) is 2.64. The number of para-hydroxylation sites is 1. The van der Waals surface area contributed by atoms with E-state index in [1.165, 1.54) is 0 Å². The van der Waals surface area contributed by atoms with Gasteiger partial charge in [0, 0.05) is 5.56 Å². The smallest absolute Gasteiger partial charge is 0.320 e. The number of hydrogen-bond acceptors (Lipinski definition) is 4. The van der Waals surface area contributed by atoms with Crippen molar-refractivity contribution in [2.45, 2.75) is 31.8 Å². The summed E-state index contributed by atoms with van der Waals surface area (Å²) in [5.74, 6) is -0.311. The SMILES string of the molecule is COc1ccccc1[C@H](C)NC(=O)CN1CCC[C@H]1C(=O)O. The summed E-state index contributed by atoms with van der Waals surface area (Å²) >= 11 is 0. The standard InChI is InChI=1S/C16H22N2O4/c1-11(12-6-3-4-8-14(12)22-2)17-15(19)10-18-9-5-7-13(18)16(20)21/h3-4,6,8,11,13H,5,7,9-10H2,1-2H3,(H,17,19)(H,20,21)/t11-,13-/m0/s1. The van der Waals surface area contributed by atoms with E-state index in [2.05, 4.69) is 5.32 Å². The zero-order valence-electron chi connectivity index (χ0n) is 12.9. The topological polar surface area (TPSA) is 78.9 Å². The lowest BCUT2D eigenvalue weighted by Gasteiger charge is -2.22. The van der Waals surface area contributed by atoms with E-state index in [0.29, 0.717) is 13.0 Å². The van der Waals surface area contributed by atoms with Gasteiger partial charge in [0.05, 0.1) is 19.7 Å². The monoisotopic (exact) mass is 306 g/mol. The van der Waals surface area contributed by atoms with Gasteiger partial charge in [0.1, 0.15) is 11.8 Å². The van der Waals surface area contributed by atoms with Gasteiger partial charge in [-0.15, -0.1) is 0 Å². The maximum Gasteiger partial charge on any atom is 0.320 e. The Labute approximate surface area is 130 Å². The molecule has 0 aromatic heterocycles. The molecule has 120 valence electrons. The van der Waals surface area contributed by atoms with Crippen LogP contribution in [-0.4, -0.2) is 48.1 Å². The van der Waals surface area contributed by atoms with E-state index >= 15 is 0 Å². The van der Waals surface area contributed by atoms with Crippen molar-refractivity contribution in [1.82, 2.24) is 10.2 Å². The number of amides is 1. The molecule has 0 spiro atoms. The van der Waals surface area contributed by atoms with Gasteiger partial charge in [-0.05, 0) is 32.4 Å². The molecule has 0 radical (unpaired) electrons. The number of hydrogen-bond donors (Lipinski definition) is 2. The predicted octanol–water partition coefficient (Wildman–Crippen LogP) is 1.42. The van der Waals surface area contributed by atoms with Crippen LogP contribution in [0.15, 0.2) is 24.3 Å². The minimum Gasteiger partial charge on any atom is -0.496 e. The van der Waals surface area contributed by atoms with E-state index in [9.17, 15) is 9.59 Å². The van der Waals surface area contributed by atoms with Crippen LogP contribution in [0.1, 0.15) is 31.4 Å². The lowest BCUT2D eigenvalue weighted by atomic mass is 10.1. The molecule has 1 aliphatic heterocycles. The quantitative estimate of drug-likeness (QED) is 0.831. The molecule has 6 nitrogen and oxygen atoms in total. The molecule has 0 aliphatic carbocycles. The third-order valence-corrected chi connectivity index (χ3v) is 3.98. The molecule has 1 saturated heterocycles. The number of carboxylic acid groups (broad SMARTS) is 1. The Morgan fingerprint density at radius 3 is 2.86 bits per heavy atom. The second kappa shape index (κ2) is 7.26. The summed E-state index contributed by atoms with van der Waals surface area (Å²) in [6.07, 6.45) is 1.41. The highest BCUT2D eigenvalue weighted by Gasteiger charge is 2.31. The van der Waals surface area contributed by atoms with Gasteiger partial charge in [0.15, 0.2) is 0 Å². The van der Waals surface area contributed by atoms with Crippen molar-refractivity contribution in [2.24, 2.45) is 0 Å². The fourth-order valence-electron chi connectivity index (χ4n) is 2.87. The number of nitrogens with one attached hydrogen (secondary N) is 1. The van der Waals surface area contributed by atoms with Crippen LogP contribution in [0.5, 0.6) is 5.75 Å². The van der Waals surface area contributed by atoms with Crippen LogP contribution in [0.25, 0.3) is 0 Å². The van der Waals surface area contributed by atoms with Crippen molar-refractivity contribution < 1.29 is 19.4 Å². The number of aliphatic carboxylic acids is 1. The summed E-state index contributed by atoms with van der Waals surface area (Å²) in [4.78, 5) is 25.0.